The second-order valence-electron chi connectivity index (χ2n) is 5.47. The van der Waals surface area contributed by atoms with E-state index in [1.165, 1.54) is 0 Å². The molecule has 0 fully saturated rings. The van der Waals surface area contributed by atoms with Gasteiger partial charge in [0.1, 0.15) is 5.65 Å². The first-order valence-corrected chi connectivity index (χ1v) is 8.95. The number of carbonyl (C=O) groups is 1. The predicted octanol–water partition coefficient (Wildman–Crippen LogP) is 3.83. The lowest BCUT2D eigenvalue weighted by molar-refractivity contribution is -0.254. The third-order valence-corrected chi connectivity index (χ3v) is 4.93. The van der Waals surface area contributed by atoms with E-state index in [1.54, 1.807) is 29.9 Å². The van der Waals surface area contributed by atoms with Crippen molar-refractivity contribution in [3.8, 4) is 11.3 Å². The fourth-order valence-corrected chi connectivity index (χ4v) is 3.49. The van der Waals surface area contributed by atoms with Crippen LogP contribution in [0.4, 0.5) is 5.69 Å². The van der Waals surface area contributed by atoms with Crippen LogP contribution in [0.1, 0.15) is 15.4 Å². The molecule has 5 nitrogen and oxygen atoms in total. The number of hydrogen-bond donors (Lipinski definition) is 0. The lowest BCUT2D eigenvalue weighted by atomic mass is 10.1. The zero-order chi connectivity index (χ0) is 18.1. The van der Waals surface area contributed by atoms with Gasteiger partial charge in [0.2, 0.25) is 0 Å². The van der Waals surface area contributed by atoms with Gasteiger partial charge in [0, 0.05) is 11.8 Å². The molecule has 4 aromatic rings. The third kappa shape index (κ3) is 3.00. The molecule has 0 atom stereocenters. The first-order chi connectivity index (χ1) is 12.6. The molecule has 0 aliphatic rings. The first-order valence-electron chi connectivity index (χ1n) is 7.69. The van der Waals surface area contributed by atoms with Gasteiger partial charge in [-0.3, -0.25) is 9.39 Å². The topological polar surface area (TPSA) is 69.8 Å². The van der Waals surface area contributed by atoms with Crippen LogP contribution in [0.25, 0.3) is 16.9 Å². The molecular formula is C19H11ClN3O2S-. The average molecular weight is 381 g/mol. The van der Waals surface area contributed by atoms with Crippen molar-refractivity contribution >= 4 is 46.5 Å². The fourth-order valence-electron chi connectivity index (χ4n) is 2.66. The maximum Gasteiger partial charge on any atom is 0.138 e. The molecule has 7 heteroatoms. The number of thiophene rings is 1. The van der Waals surface area contributed by atoms with E-state index >= 15 is 0 Å². The Balaban J connectivity index is 1.89. The Morgan fingerprint density at radius 2 is 2.00 bits per heavy atom. The van der Waals surface area contributed by atoms with Crippen molar-refractivity contribution < 1.29 is 9.90 Å². The summed E-state index contributed by atoms with van der Waals surface area (Å²) in [5.74, 6) is -1.24. The van der Waals surface area contributed by atoms with E-state index in [4.69, 9.17) is 11.6 Å². The Hall–Kier alpha value is -2.96. The van der Waals surface area contributed by atoms with Crippen LogP contribution in [0.5, 0.6) is 0 Å². The summed E-state index contributed by atoms with van der Waals surface area (Å²) in [7, 11) is 0. The summed E-state index contributed by atoms with van der Waals surface area (Å²) >= 11 is 7.22. The maximum atomic E-state index is 11.2. The average Bonchev–Trinajstić information content (AvgIpc) is 3.25. The van der Waals surface area contributed by atoms with E-state index in [2.05, 4.69) is 9.98 Å². The molecule has 0 unspecified atom stereocenters. The molecule has 1 aromatic carbocycles. The summed E-state index contributed by atoms with van der Waals surface area (Å²) in [5.41, 5.74) is 3.45. The van der Waals surface area contributed by atoms with Crippen molar-refractivity contribution in [3.05, 3.63) is 75.7 Å². The van der Waals surface area contributed by atoms with Crippen molar-refractivity contribution in [3.63, 3.8) is 0 Å². The van der Waals surface area contributed by atoms with Crippen LogP contribution in [0.15, 0.2) is 65.1 Å². The fraction of sp³-hybridized carbons (Fsp3) is 0. The molecular weight excluding hydrogens is 370 g/mol. The van der Waals surface area contributed by atoms with Crippen molar-refractivity contribution in [1.29, 1.82) is 0 Å². The van der Waals surface area contributed by atoms with Crippen molar-refractivity contribution in [2.75, 3.05) is 0 Å². The molecule has 4 rings (SSSR count). The predicted molar refractivity (Wildman–Crippen MR) is 102 cm³/mol. The molecule has 128 valence electrons. The second-order valence-corrected chi connectivity index (χ2v) is 6.82. The lowest BCUT2D eigenvalue weighted by Crippen LogP contribution is -2.20. The number of aliphatic imine (C=N–C) groups is 1. The maximum absolute atomic E-state index is 11.2. The minimum atomic E-state index is -1.24. The first kappa shape index (κ1) is 16.5. The van der Waals surface area contributed by atoms with Crippen LogP contribution in [0, 0.1) is 0 Å². The molecule has 26 heavy (non-hydrogen) atoms. The Labute approximate surface area is 157 Å². The number of aromatic carboxylic acids is 1. The molecule has 0 amide bonds. The number of benzene rings is 1. The highest BCUT2D eigenvalue weighted by Crippen LogP contribution is 2.27. The van der Waals surface area contributed by atoms with Crippen molar-refractivity contribution in [2.24, 2.45) is 4.99 Å². The van der Waals surface area contributed by atoms with Crippen LogP contribution in [0.2, 0.25) is 5.02 Å². The molecule has 3 aromatic heterocycles. The number of rotatable bonds is 4. The van der Waals surface area contributed by atoms with E-state index in [0.717, 1.165) is 28.2 Å². The largest absolute Gasteiger partial charge is 0.544 e. The number of pyridine rings is 1. The van der Waals surface area contributed by atoms with Gasteiger partial charge < -0.3 is 9.90 Å². The van der Waals surface area contributed by atoms with E-state index in [1.807, 2.05) is 40.8 Å². The van der Waals surface area contributed by atoms with Gasteiger partial charge >= 0.3 is 0 Å². The van der Waals surface area contributed by atoms with Gasteiger partial charge in [-0.1, -0.05) is 41.9 Å². The summed E-state index contributed by atoms with van der Waals surface area (Å²) in [6.45, 7) is 0. The smallest absolute Gasteiger partial charge is 0.138 e. The third-order valence-electron chi connectivity index (χ3n) is 3.82. The number of fused-ring (bicyclic) bond motifs is 1. The summed E-state index contributed by atoms with van der Waals surface area (Å²) < 4.78 is 1.83. The molecule has 0 N–H and O–H groups in total. The lowest BCUT2D eigenvalue weighted by Gasteiger charge is -2.02. The van der Waals surface area contributed by atoms with E-state index in [0.29, 0.717) is 16.4 Å². The Bertz CT molecular complexity index is 1130. The van der Waals surface area contributed by atoms with Crippen LogP contribution in [-0.2, 0) is 0 Å². The van der Waals surface area contributed by atoms with Gasteiger partial charge in [-0.05, 0) is 23.6 Å². The number of halogens is 1. The van der Waals surface area contributed by atoms with E-state index in [-0.39, 0.29) is 4.88 Å². The highest BCUT2D eigenvalue weighted by molar-refractivity contribution is 7.12. The van der Waals surface area contributed by atoms with Gasteiger partial charge in [-0.15, -0.1) is 11.3 Å². The number of hydrogen-bond acceptors (Lipinski definition) is 5. The number of carboxylic acids is 1. The number of aromatic nitrogens is 2. The van der Waals surface area contributed by atoms with Crippen molar-refractivity contribution in [1.82, 2.24) is 9.38 Å². The van der Waals surface area contributed by atoms with E-state index in [9.17, 15) is 9.90 Å². The summed E-state index contributed by atoms with van der Waals surface area (Å²) in [6, 6.07) is 14.9. The highest BCUT2D eigenvalue weighted by atomic mass is 35.5. The molecule has 0 aliphatic heterocycles. The number of nitrogens with zero attached hydrogens (tertiary/aromatic N) is 3. The zero-order valence-electron chi connectivity index (χ0n) is 13.3. The highest BCUT2D eigenvalue weighted by Gasteiger charge is 2.13. The molecule has 0 radical (unpaired) electrons. The standard InChI is InChI=1S/C19H12ClN3O2S/c20-13-6-7-16-22-17(12-4-2-1-3-5-12)15(23(16)11-13)10-21-14-8-9-26-18(14)19(24)25/h1-11H,(H,24,25)/p-1. The van der Waals surface area contributed by atoms with Crippen LogP contribution in [-0.4, -0.2) is 21.6 Å². The molecule has 3 heterocycles. The second kappa shape index (κ2) is 6.74. The summed E-state index contributed by atoms with van der Waals surface area (Å²) in [4.78, 5) is 20.3. The van der Waals surface area contributed by atoms with Crippen LogP contribution in [0.3, 0.4) is 0 Å². The van der Waals surface area contributed by atoms with Gasteiger partial charge in [0.15, 0.2) is 0 Å². The minimum absolute atomic E-state index is 0.0920. The zero-order valence-corrected chi connectivity index (χ0v) is 14.9. The number of imidazole rings is 1. The number of carboxylic acid groups (broad SMARTS) is 1. The molecule has 0 spiro atoms. The molecule has 0 bridgehead atoms. The van der Waals surface area contributed by atoms with Gasteiger partial charge in [-0.2, -0.15) is 0 Å². The molecule has 0 saturated heterocycles. The van der Waals surface area contributed by atoms with Gasteiger partial charge in [0.05, 0.1) is 39.2 Å². The monoisotopic (exact) mass is 380 g/mol. The van der Waals surface area contributed by atoms with Gasteiger partial charge in [0.25, 0.3) is 0 Å². The SMILES string of the molecule is O=C([O-])c1sccc1N=Cc1c(-c2ccccc2)nc2ccc(Cl)cn12. The number of carbonyl (C=O) groups excluding carboxylic acids is 1. The normalized spacial score (nSPS) is 11.4. The van der Waals surface area contributed by atoms with Crippen molar-refractivity contribution in [2.45, 2.75) is 0 Å². The summed E-state index contributed by atoms with van der Waals surface area (Å²) in [6.07, 6.45) is 3.36. The molecule has 0 aliphatic carbocycles. The summed E-state index contributed by atoms with van der Waals surface area (Å²) in [5, 5.41) is 13.4. The van der Waals surface area contributed by atoms with Crippen LogP contribution < -0.4 is 5.11 Å². The van der Waals surface area contributed by atoms with E-state index < -0.39 is 5.97 Å². The Morgan fingerprint density at radius 3 is 2.77 bits per heavy atom. The molecule has 0 saturated carbocycles. The van der Waals surface area contributed by atoms with Crippen LogP contribution >= 0.6 is 22.9 Å². The quantitative estimate of drug-likeness (QED) is 0.505. The minimum Gasteiger partial charge on any atom is -0.544 e. The Kier molecular flexibility index (Phi) is 4.28. The van der Waals surface area contributed by atoms with Gasteiger partial charge in [-0.25, -0.2) is 4.98 Å². The Morgan fingerprint density at radius 1 is 1.19 bits per heavy atom.